The normalized spacial score (nSPS) is 14.0. The van der Waals surface area contributed by atoms with Gasteiger partial charge in [-0.15, -0.1) is 0 Å². The average Bonchev–Trinajstić information content (AvgIpc) is 3.01. The van der Waals surface area contributed by atoms with Gasteiger partial charge in [-0.1, -0.05) is 42.5 Å². The third-order valence-corrected chi connectivity index (χ3v) is 7.58. The minimum absolute atomic E-state index is 0.352. The number of rotatable bonds is 9. The Labute approximate surface area is 254 Å². The predicted octanol–water partition coefficient (Wildman–Crippen LogP) is 5.37. The fourth-order valence-electron chi connectivity index (χ4n) is 5.30. The fourth-order valence-corrected chi connectivity index (χ4v) is 5.30. The lowest BCUT2D eigenvalue weighted by molar-refractivity contribution is -0.134. The highest BCUT2D eigenvalue weighted by atomic mass is 19.1. The Balaban J connectivity index is 0.000000488. The topological polar surface area (TPSA) is 114 Å². The molecule has 3 aromatic carbocycles. The standard InChI is InChI=1S/C30H31F2N3O.C4H4O4/c1-22-6-7-23-4-2-5-28(29(23)33-22)35-20-18-34(19-21-35)17-3-16-30(36,24-8-12-26(31)13-9-24)25-10-14-27(32)15-11-25;5-3(6)1-2-4(7)8/h2,4-15,36H,3,16-21H2,1H3;1-2H,(H,5,6)(H,7,8). The molecule has 1 aliphatic heterocycles. The molecule has 230 valence electrons. The molecule has 10 heteroatoms. The van der Waals surface area contributed by atoms with E-state index in [0.717, 1.165) is 55.7 Å². The van der Waals surface area contributed by atoms with Crippen molar-refractivity contribution in [2.24, 2.45) is 0 Å². The molecule has 2 heterocycles. The van der Waals surface area contributed by atoms with Gasteiger partial charge in [0.15, 0.2) is 0 Å². The lowest BCUT2D eigenvalue weighted by Gasteiger charge is -2.37. The van der Waals surface area contributed by atoms with E-state index in [1.165, 1.54) is 30.0 Å². The number of hydrogen-bond acceptors (Lipinski definition) is 6. The molecule has 0 unspecified atom stereocenters. The number of pyridine rings is 1. The Hall–Kier alpha value is -4.67. The number of piperazine rings is 1. The Bertz CT molecular complexity index is 1540. The summed E-state index contributed by atoms with van der Waals surface area (Å²) in [5, 5.41) is 28.5. The largest absolute Gasteiger partial charge is 0.478 e. The number of aryl methyl sites for hydroxylation is 1. The number of para-hydroxylation sites is 1. The fraction of sp³-hybridized carbons (Fsp3) is 0.265. The van der Waals surface area contributed by atoms with Crippen molar-refractivity contribution < 1.29 is 33.7 Å². The average molecular weight is 604 g/mol. The monoisotopic (exact) mass is 603 g/mol. The van der Waals surface area contributed by atoms with Crippen molar-refractivity contribution >= 4 is 28.5 Å². The van der Waals surface area contributed by atoms with Crippen molar-refractivity contribution in [2.45, 2.75) is 25.4 Å². The molecular formula is C34H35F2N3O5. The van der Waals surface area contributed by atoms with Gasteiger partial charge in [0.25, 0.3) is 0 Å². The molecular weight excluding hydrogens is 568 g/mol. The van der Waals surface area contributed by atoms with E-state index in [-0.39, 0.29) is 11.6 Å². The van der Waals surface area contributed by atoms with Crippen LogP contribution in [0.3, 0.4) is 0 Å². The molecule has 4 aromatic rings. The van der Waals surface area contributed by atoms with Gasteiger partial charge in [-0.05, 0) is 73.8 Å². The molecule has 1 aliphatic rings. The number of nitrogens with zero attached hydrogens (tertiary/aromatic N) is 3. The summed E-state index contributed by atoms with van der Waals surface area (Å²) in [5.41, 5.74) is 3.16. The van der Waals surface area contributed by atoms with E-state index in [1.54, 1.807) is 24.3 Å². The molecule has 0 spiro atoms. The van der Waals surface area contributed by atoms with Crippen LogP contribution < -0.4 is 4.90 Å². The zero-order valence-corrected chi connectivity index (χ0v) is 24.4. The van der Waals surface area contributed by atoms with Crippen molar-refractivity contribution in [1.29, 1.82) is 0 Å². The molecule has 44 heavy (non-hydrogen) atoms. The first kappa shape index (κ1) is 32.2. The maximum Gasteiger partial charge on any atom is 0.328 e. The van der Waals surface area contributed by atoms with Crippen molar-refractivity contribution in [3.63, 3.8) is 0 Å². The summed E-state index contributed by atoms with van der Waals surface area (Å²) in [5.74, 6) is -3.22. The summed E-state index contributed by atoms with van der Waals surface area (Å²) in [6.45, 7) is 6.53. The van der Waals surface area contributed by atoms with Crippen LogP contribution in [-0.4, -0.2) is 69.9 Å². The minimum Gasteiger partial charge on any atom is -0.478 e. The summed E-state index contributed by atoms with van der Waals surface area (Å²) < 4.78 is 27.1. The lowest BCUT2D eigenvalue weighted by atomic mass is 9.82. The summed E-state index contributed by atoms with van der Waals surface area (Å²) in [6, 6.07) is 22.4. The molecule has 1 fully saturated rings. The highest BCUT2D eigenvalue weighted by molar-refractivity contribution is 5.91. The van der Waals surface area contributed by atoms with Gasteiger partial charge in [0.1, 0.15) is 17.2 Å². The third-order valence-electron chi connectivity index (χ3n) is 7.58. The molecule has 0 saturated carbocycles. The number of aliphatic hydroxyl groups is 1. The Morgan fingerprint density at radius 1 is 0.818 bits per heavy atom. The first-order valence-electron chi connectivity index (χ1n) is 14.3. The number of carbonyl (C=O) groups is 2. The second-order valence-corrected chi connectivity index (χ2v) is 10.6. The number of fused-ring (bicyclic) bond motifs is 1. The zero-order chi connectivity index (χ0) is 31.7. The number of carboxylic acid groups (broad SMARTS) is 2. The van der Waals surface area contributed by atoms with Crippen LogP contribution in [0.2, 0.25) is 0 Å². The summed E-state index contributed by atoms with van der Waals surface area (Å²) in [4.78, 5) is 28.7. The molecule has 0 amide bonds. The lowest BCUT2D eigenvalue weighted by Crippen LogP contribution is -2.47. The maximum absolute atomic E-state index is 13.5. The molecule has 0 radical (unpaired) electrons. The highest BCUT2D eigenvalue weighted by Gasteiger charge is 2.31. The molecule has 1 saturated heterocycles. The first-order valence-corrected chi connectivity index (χ1v) is 14.3. The van der Waals surface area contributed by atoms with E-state index in [9.17, 15) is 23.5 Å². The van der Waals surface area contributed by atoms with Gasteiger partial charge in [0, 0.05) is 49.4 Å². The Morgan fingerprint density at radius 3 is 1.89 bits per heavy atom. The third kappa shape index (κ3) is 8.46. The second kappa shape index (κ2) is 14.7. The van der Waals surface area contributed by atoms with Crippen molar-refractivity contribution in [1.82, 2.24) is 9.88 Å². The summed E-state index contributed by atoms with van der Waals surface area (Å²) in [7, 11) is 0. The SMILES string of the molecule is Cc1ccc2cccc(N3CCN(CCCC(O)(c4ccc(F)cc4)c4ccc(F)cc4)CC3)c2n1.O=C(O)C=CC(=O)O. The van der Waals surface area contributed by atoms with Crippen LogP contribution in [0.1, 0.15) is 29.7 Å². The van der Waals surface area contributed by atoms with Gasteiger partial charge in [-0.3, -0.25) is 9.88 Å². The number of anilines is 1. The van der Waals surface area contributed by atoms with Crippen LogP contribution >= 0.6 is 0 Å². The molecule has 0 bridgehead atoms. The Morgan fingerprint density at radius 2 is 1.36 bits per heavy atom. The van der Waals surface area contributed by atoms with Gasteiger partial charge in [0.05, 0.1) is 11.2 Å². The van der Waals surface area contributed by atoms with Gasteiger partial charge >= 0.3 is 11.9 Å². The zero-order valence-electron chi connectivity index (χ0n) is 24.4. The molecule has 3 N–H and O–H groups in total. The number of aromatic nitrogens is 1. The van der Waals surface area contributed by atoms with Crippen LogP contribution in [0.25, 0.3) is 10.9 Å². The summed E-state index contributed by atoms with van der Waals surface area (Å²) in [6.07, 6.45) is 2.32. The van der Waals surface area contributed by atoms with E-state index in [2.05, 4.69) is 34.1 Å². The first-order chi connectivity index (χ1) is 21.0. The molecule has 0 atom stereocenters. The van der Waals surface area contributed by atoms with Crippen LogP contribution in [0.4, 0.5) is 14.5 Å². The second-order valence-electron chi connectivity index (χ2n) is 10.6. The van der Waals surface area contributed by atoms with Gasteiger partial charge in [0.2, 0.25) is 0 Å². The van der Waals surface area contributed by atoms with Crippen LogP contribution in [-0.2, 0) is 15.2 Å². The number of halogens is 2. The maximum atomic E-state index is 13.5. The number of hydrogen-bond donors (Lipinski definition) is 3. The van der Waals surface area contributed by atoms with Gasteiger partial charge in [-0.25, -0.2) is 18.4 Å². The van der Waals surface area contributed by atoms with Gasteiger partial charge in [-0.2, -0.15) is 0 Å². The van der Waals surface area contributed by atoms with E-state index in [4.69, 9.17) is 15.2 Å². The number of aliphatic carboxylic acids is 2. The molecule has 1 aromatic heterocycles. The number of carboxylic acids is 2. The van der Waals surface area contributed by atoms with E-state index in [0.29, 0.717) is 29.7 Å². The molecule has 0 aliphatic carbocycles. The van der Waals surface area contributed by atoms with Crippen molar-refractivity contribution in [2.75, 3.05) is 37.6 Å². The van der Waals surface area contributed by atoms with Crippen molar-refractivity contribution in [3.05, 3.63) is 119 Å². The van der Waals surface area contributed by atoms with E-state index < -0.39 is 17.5 Å². The van der Waals surface area contributed by atoms with Crippen LogP contribution in [0.15, 0.2) is 91.0 Å². The molecule has 8 nitrogen and oxygen atoms in total. The van der Waals surface area contributed by atoms with Crippen molar-refractivity contribution in [3.8, 4) is 0 Å². The van der Waals surface area contributed by atoms with E-state index in [1.807, 2.05) is 13.0 Å². The quantitative estimate of drug-likeness (QED) is 0.219. The number of benzene rings is 3. The minimum atomic E-state index is -1.31. The van der Waals surface area contributed by atoms with Gasteiger partial charge < -0.3 is 20.2 Å². The predicted molar refractivity (Wildman–Crippen MR) is 165 cm³/mol. The van der Waals surface area contributed by atoms with Crippen LogP contribution in [0.5, 0.6) is 0 Å². The summed E-state index contributed by atoms with van der Waals surface area (Å²) >= 11 is 0. The van der Waals surface area contributed by atoms with Crippen LogP contribution in [0, 0.1) is 18.6 Å². The van der Waals surface area contributed by atoms with E-state index >= 15 is 0 Å². The molecule has 5 rings (SSSR count). The highest BCUT2D eigenvalue weighted by Crippen LogP contribution is 2.35. The smallest absolute Gasteiger partial charge is 0.328 e. The Kier molecular flexibility index (Phi) is 10.8.